The third kappa shape index (κ3) is 6.73. The molecule has 234 valence electrons. The first-order valence-corrected chi connectivity index (χ1v) is 15.3. The van der Waals surface area contributed by atoms with Crippen LogP contribution in [0.5, 0.6) is 0 Å². The first-order chi connectivity index (χ1) is 21.1. The molecule has 0 saturated carbocycles. The van der Waals surface area contributed by atoms with Crippen molar-refractivity contribution in [2.45, 2.75) is 46.2 Å². The largest absolute Gasteiger partial charge is 0.355 e. The number of amides is 2. The van der Waals surface area contributed by atoms with E-state index in [0.717, 1.165) is 26.9 Å². The molecule has 45 heavy (non-hydrogen) atoms. The molecule has 6 aromatic rings. The predicted molar refractivity (Wildman–Crippen MR) is 177 cm³/mol. The van der Waals surface area contributed by atoms with Gasteiger partial charge in [0.2, 0.25) is 11.8 Å². The molecule has 0 bridgehead atoms. The summed E-state index contributed by atoms with van der Waals surface area (Å²) in [6.45, 7) is 6.33. The lowest BCUT2D eigenvalue weighted by molar-refractivity contribution is -0.122. The van der Waals surface area contributed by atoms with E-state index in [2.05, 4.69) is 51.7 Å². The summed E-state index contributed by atoms with van der Waals surface area (Å²) in [5.41, 5.74) is 3.02. The summed E-state index contributed by atoms with van der Waals surface area (Å²) < 4.78 is 7.43. The quantitative estimate of drug-likeness (QED) is 0.163. The number of aromatic nitrogens is 6. The maximum atomic E-state index is 13.5. The predicted octanol–water partition coefficient (Wildman–Crippen LogP) is 6.34. The molecule has 0 aliphatic carbocycles. The Labute approximate surface area is 274 Å². The molecule has 0 saturated heterocycles. The Hall–Kier alpha value is -4.26. The number of hydrogen-bond acceptors (Lipinski definition) is 8. The fourth-order valence-corrected chi connectivity index (χ4v) is 6.21. The van der Waals surface area contributed by atoms with Gasteiger partial charge in [0, 0.05) is 47.3 Å². The number of carbonyl (C=O) groups is 2. The Morgan fingerprint density at radius 3 is 2.71 bits per heavy atom. The molecule has 4 heterocycles. The van der Waals surface area contributed by atoms with Crippen LogP contribution in [0.1, 0.15) is 60.2 Å². The van der Waals surface area contributed by atoms with Crippen molar-refractivity contribution < 1.29 is 14.1 Å². The van der Waals surface area contributed by atoms with Crippen LogP contribution in [-0.2, 0) is 17.8 Å². The van der Waals surface area contributed by atoms with Crippen LogP contribution in [0, 0.1) is 5.41 Å². The van der Waals surface area contributed by atoms with E-state index in [4.69, 9.17) is 21.1 Å². The van der Waals surface area contributed by atoms with Gasteiger partial charge in [-0.1, -0.05) is 43.6 Å². The van der Waals surface area contributed by atoms with Gasteiger partial charge in [-0.15, -0.1) is 23.7 Å². The van der Waals surface area contributed by atoms with E-state index in [9.17, 15) is 9.59 Å². The number of nitrogens with one attached hydrogen (secondary N) is 3. The number of hydrogen-bond donors (Lipinski definition) is 3. The normalized spacial score (nSPS) is 12.3. The molecule has 6 rings (SSSR count). The Bertz CT molecular complexity index is 1970. The Morgan fingerprint density at radius 1 is 1.16 bits per heavy atom. The third-order valence-corrected chi connectivity index (χ3v) is 8.68. The van der Waals surface area contributed by atoms with E-state index < -0.39 is 5.41 Å². The van der Waals surface area contributed by atoms with Gasteiger partial charge in [-0.3, -0.25) is 14.7 Å². The number of halogens is 2. The molecule has 2 amide bonds. The van der Waals surface area contributed by atoms with Crippen LogP contribution in [0.15, 0.2) is 58.6 Å². The van der Waals surface area contributed by atoms with Gasteiger partial charge in [0.25, 0.3) is 5.91 Å². The average molecular weight is 668 g/mol. The molecule has 11 nitrogen and oxygen atoms in total. The number of aromatic amines is 1. The number of fused-ring (bicyclic) bond motifs is 2. The smallest absolute Gasteiger partial charge is 0.251 e. The highest BCUT2D eigenvalue weighted by Crippen LogP contribution is 2.41. The van der Waals surface area contributed by atoms with Gasteiger partial charge >= 0.3 is 0 Å². The van der Waals surface area contributed by atoms with Crippen molar-refractivity contribution in [2.24, 2.45) is 5.41 Å². The molecule has 1 atom stereocenters. The fraction of sp³-hybridized carbons (Fsp3) is 0.290. The van der Waals surface area contributed by atoms with Gasteiger partial charge in [-0.05, 0) is 47.2 Å². The molecule has 0 aliphatic rings. The summed E-state index contributed by atoms with van der Waals surface area (Å²) >= 11 is 8.28. The molecule has 0 spiro atoms. The van der Waals surface area contributed by atoms with Crippen molar-refractivity contribution >= 4 is 69.1 Å². The third-order valence-electron chi connectivity index (χ3n) is 7.49. The molecule has 0 unspecified atom stereocenters. The SMILES string of the molecule is CNC(=O)c1ccc2nc(-c3cc(Cl)c4cn[nH]c4c3)n([C@@H](CC(=O)NCc3nc(Cc4cccs4)no3)C(C)(C)C)c2c1.Cl. The van der Waals surface area contributed by atoms with Gasteiger partial charge in [-0.25, -0.2) is 4.98 Å². The summed E-state index contributed by atoms with van der Waals surface area (Å²) in [4.78, 5) is 36.7. The lowest BCUT2D eigenvalue weighted by Crippen LogP contribution is -2.32. The van der Waals surface area contributed by atoms with Crippen LogP contribution < -0.4 is 10.6 Å². The van der Waals surface area contributed by atoms with E-state index >= 15 is 0 Å². The highest BCUT2D eigenvalue weighted by Gasteiger charge is 2.33. The van der Waals surface area contributed by atoms with Crippen LogP contribution >= 0.6 is 35.3 Å². The van der Waals surface area contributed by atoms with Crippen molar-refractivity contribution in [2.75, 3.05) is 7.05 Å². The number of nitrogens with zero attached hydrogens (tertiary/aromatic N) is 5. The van der Waals surface area contributed by atoms with Gasteiger partial charge in [0.05, 0.1) is 34.3 Å². The van der Waals surface area contributed by atoms with Crippen molar-refractivity contribution in [3.8, 4) is 11.4 Å². The van der Waals surface area contributed by atoms with Gasteiger partial charge < -0.3 is 19.7 Å². The molecular formula is C31H32Cl2N8O3S. The first kappa shape index (κ1) is 32.1. The van der Waals surface area contributed by atoms with E-state index in [1.807, 2.05) is 46.3 Å². The summed E-state index contributed by atoms with van der Waals surface area (Å²) in [5, 5.41) is 20.1. The van der Waals surface area contributed by atoms with Crippen LogP contribution in [0.4, 0.5) is 0 Å². The van der Waals surface area contributed by atoms with Gasteiger partial charge in [0.15, 0.2) is 5.82 Å². The van der Waals surface area contributed by atoms with E-state index in [-0.39, 0.29) is 43.2 Å². The standard InChI is InChI=1S/C31H31ClN8O3S.ClH/c1-31(2,3)25(14-27(41)34-16-28-37-26(39-43-28)13-19-6-5-9-44-19)40-24-12-17(30(42)33-4)7-8-22(24)36-29(40)18-10-21(32)20-15-35-38-23(20)11-18;/h5-12,15,25H,13-14,16H2,1-4H3,(H,33,42)(H,34,41)(H,35,38);1H/t25-;/m0./s1. The molecule has 3 N–H and O–H groups in total. The molecule has 0 aliphatic heterocycles. The zero-order chi connectivity index (χ0) is 31.0. The number of rotatable bonds is 9. The fourth-order valence-electron chi connectivity index (χ4n) is 5.24. The number of carbonyl (C=O) groups excluding carboxylic acids is 2. The Morgan fingerprint density at radius 2 is 1.98 bits per heavy atom. The number of imidazole rings is 1. The Kier molecular flexibility index (Phi) is 9.28. The molecular weight excluding hydrogens is 635 g/mol. The number of benzene rings is 2. The van der Waals surface area contributed by atoms with Crippen molar-refractivity contribution in [3.05, 3.63) is 81.2 Å². The second-order valence-corrected chi connectivity index (χ2v) is 13.0. The topological polar surface area (TPSA) is 144 Å². The maximum Gasteiger partial charge on any atom is 0.251 e. The monoisotopic (exact) mass is 666 g/mol. The summed E-state index contributed by atoms with van der Waals surface area (Å²) in [6.07, 6.45) is 2.38. The van der Waals surface area contributed by atoms with Crippen LogP contribution in [0.2, 0.25) is 5.02 Å². The van der Waals surface area contributed by atoms with Crippen LogP contribution in [0.25, 0.3) is 33.3 Å². The molecule has 4 aromatic heterocycles. The minimum atomic E-state index is -0.400. The zero-order valence-electron chi connectivity index (χ0n) is 25.1. The van der Waals surface area contributed by atoms with E-state index in [1.165, 1.54) is 0 Å². The lowest BCUT2D eigenvalue weighted by Gasteiger charge is -2.33. The maximum absolute atomic E-state index is 13.5. The first-order valence-electron chi connectivity index (χ1n) is 14.1. The highest BCUT2D eigenvalue weighted by atomic mass is 35.5. The minimum absolute atomic E-state index is 0. The second-order valence-electron chi connectivity index (χ2n) is 11.6. The van der Waals surface area contributed by atoms with Crippen molar-refractivity contribution in [1.82, 2.24) is 40.5 Å². The lowest BCUT2D eigenvalue weighted by atomic mass is 9.84. The summed E-state index contributed by atoms with van der Waals surface area (Å²) in [5.74, 6) is 1.11. The average Bonchev–Trinajstić information content (AvgIpc) is 3.81. The minimum Gasteiger partial charge on any atom is -0.355 e. The molecule has 2 aromatic carbocycles. The van der Waals surface area contributed by atoms with Gasteiger partial charge in [-0.2, -0.15) is 10.1 Å². The molecule has 14 heteroatoms. The van der Waals surface area contributed by atoms with Crippen LogP contribution in [0.3, 0.4) is 0 Å². The number of H-pyrrole nitrogens is 1. The number of thiophene rings is 1. The summed E-state index contributed by atoms with van der Waals surface area (Å²) in [6, 6.07) is 12.8. The van der Waals surface area contributed by atoms with Crippen molar-refractivity contribution in [1.29, 1.82) is 0 Å². The zero-order valence-corrected chi connectivity index (χ0v) is 27.4. The second kappa shape index (κ2) is 13.0. The van der Waals surface area contributed by atoms with Gasteiger partial charge in [0.1, 0.15) is 5.82 Å². The molecule has 0 fully saturated rings. The van der Waals surface area contributed by atoms with Crippen LogP contribution in [-0.4, -0.2) is 48.8 Å². The van der Waals surface area contributed by atoms with E-state index in [0.29, 0.717) is 40.1 Å². The Balaban J connectivity index is 0.00000400. The highest BCUT2D eigenvalue weighted by molar-refractivity contribution is 7.09. The summed E-state index contributed by atoms with van der Waals surface area (Å²) in [7, 11) is 1.59. The molecule has 0 radical (unpaired) electrons. The van der Waals surface area contributed by atoms with Crippen molar-refractivity contribution in [3.63, 3.8) is 0 Å². The van der Waals surface area contributed by atoms with E-state index in [1.54, 1.807) is 30.6 Å².